The topological polar surface area (TPSA) is 79.6 Å². The highest BCUT2D eigenvalue weighted by Crippen LogP contribution is 2.28. The number of methoxy groups -OCH3 is 2. The Labute approximate surface area is 99.2 Å². The van der Waals surface area contributed by atoms with Crippen LogP contribution in [0.1, 0.15) is 28.4 Å². The van der Waals surface area contributed by atoms with Crippen molar-refractivity contribution in [3.63, 3.8) is 0 Å². The Hall–Kier alpha value is -2.06. The zero-order valence-electron chi connectivity index (χ0n) is 9.64. The number of esters is 1. The molecule has 0 aliphatic rings. The molecule has 0 bridgehead atoms. The molecule has 0 aliphatic heterocycles. The van der Waals surface area contributed by atoms with Gasteiger partial charge in [-0.2, -0.15) is 5.26 Å². The molecular formula is C12H13NO4. The molecule has 0 aliphatic carbocycles. The van der Waals surface area contributed by atoms with E-state index in [4.69, 9.17) is 10.00 Å². The van der Waals surface area contributed by atoms with Crippen LogP contribution in [0.4, 0.5) is 0 Å². The largest absolute Gasteiger partial charge is 0.496 e. The lowest BCUT2D eigenvalue weighted by Gasteiger charge is -2.13. The summed E-state index contributed by atoms with van der Waals surface area (Å²) < 4.78 is 9.64. The minimum absolute atomic E-state index is 0.0685. The molecule has 1 aromatic carbocycles. The summed E-state index contributed by atoms with van der Waals surface area (Å²) in [6.45, 7) is 0. The highest BCUT2D eigenvalue weighted by Gasteiger charge is 2.16. The van der Waals surface area contributed by atoms with Crippen molar-refractivity contribution in [2.75, 3.05) is 14.2 Å². The van der Waals surface area contributed by atoms with E-state index < -0.39 is 12.1 Å². The van der Waals surface area contributed by atoms with E-state index in [1.807, 2.05) is 6.07 Å². The summed E-state index contributed by atoms with van der Waals surface area (Å²) in [6.07, 6.45) is -1.05. The van der Waals surface area contributed by atoms with E-state index in [0.29, 0.717) is 16.9 Å². The van der Waals surface area contributed by atoms with Gasteiger partial charge in [0, 0.05) is 5.56 Å². The fourth-order valence-electron chi connectivity index (χ4n) is 1.44. The van der Waals surface area contributed by atoms with Crippen LogP contribution in [0, 0.1) is 11.3 Å². The predicted octanol–water partition coefficient (Wildman–Crippen LogP) is 1.43. The molecule has 1 unspecified atom stereocenters. The molecule has 17 heavy (non-hydrogen) atoms. The molecule has 0 amide bonds. The van der Waals surface area contributed by atoms with E-state index >= 15 is 0 Å². The number of aliphatic hydroxyl groups is 1. The summed E-state index contributed by atoms with van der Waals surface area (Å²) in [4.78, 5) is 11.3. The maximum Gasteiger partial charge on any atom is 0.337 e. The lowest BCUT2D eigenvalue weighted by molar-refractivity contribution is 0.0600. The first-order valence-electron chi connectivity index (χ1n) is 4.95. The summed E-state index contributed by atoms with van der Waals surface area (Å²) in [5.41, 5.74) is 0.706. The second-order valence-electron chi connectivity index (χ2n) is 3.33. The average molecular weight is 235 g/mol. The number of carbonyl (C=O) groups excluding carboxylic acids is 1. The monoisotopic (exact) mass is 235 g/mol. The van der Waals surface area contributed by atoms with E-state index in [1.165, 1.54) is 26.4 Å². The van der Waals surface area contributed by atoms with Gasteiger partial charge >= 0.3 is 5.97 Å². The van der Waals surface area contributed by atoms with Crippen LogP contribution in [0.2, 0.25) is 0 Å². The van der Waals surface area contributed by atoms with E-state index in [1.54, 1.807) is 6.07 Å². The molecule has 1 atom stereocenters. The maximum absolute atomic E-state index is 11.3. The molecule has 1 rings (SSSR count). The van der Waals surface area contributed by atoms with Crippen molar-refractivity contribution in [3.05, 3.63) is 29.3 Å². The first kappa shape index (κ1) is 13.0. The normalized spacial score (nSPS) is 11.4. The molecule has 0 heterocycles. The number of aliphatic hydroxyl groups excluding tert-OH is 1. The molecule has 0 spiro atoms. The molecule has 0 fully saturated rings. The molecule has 1 N–H and O–H groups in total. The van der Waals surface area contributed by atoms with Gasteiger partial charge in [0.25, 0.3) is 0 Å². The molecule has 90 valence electrons. The Morgan fingerprint density at radius 2 is 2.24 bits per heavy atom. The Morgan fingerprint density at radius 1 is 1.53 bits per heavy atom. The maximum atomic E-state index is 11.3. The van der Waals surface area contributed by atoms with Crippen molar-refractivity contribution in [3.8, 4) is 11.8 Å². The van der Waals surface area contributed by atoms with Crippen LogP contribution in [0.15, 0.2) is 18.2 Å². The Balaban J connectivity index is 3.15. The number of benzene rings is 1. The summed E-state index contributed by atoms with van der Waals surface area (Å²) in [5.74, 6) is -0.0709. The molecule has 0 radical (unpaired) electrons. The fourth-order valence-corrected chi connectivity index (χ4v) is 1.44. The van der Waals surface area contributed by atoms with Crippen molar-refractivity contribution >= 4 is 5.97 Å². The smallest absolute Gasteiger partial charge is 0.337 e. The first-order chi connectivity index (χ1) is 8.13. The van der Waals surface area contributed by atoms with Crippen LogP contribution < -0.4 is 4.74 Å². The number of rotatable bonds is 4. The van der Waals surface area contributed by atoms with Crippen LogP contribution in [-0.2, 0) is 4.74 Å². The van der Waals surface area contributed by atoms with Gasteiger partial charge in [-0.15, -0.1) is 0 Å². The van der Waals surface area contributed by atoms with Crippen LogP contribution in [0.3, 0.4) is 0 Å². The van der Waals surface area contributed by atoms with Gasteiger partial charge in [-0.1, -0.05) is 0 Å². The van der Waals surface area contributed by atoms with Crippen LogP contribution in [0.25, 0.3) is 0 Å². The van der Waals surface area contributed by atoms with Crippen molar-refractivity contribution in [2.24, 2.45) is 0 Å². The van der Waals surface area contributed by atoms with Crippen LogP contribution in [0.5, 0.6) is 5.75 Å². The summed E-state index contributed by atoms with van der Waals surface area (Å²) >= 11 is 0. The minimum atomic E-state index is -0.987. The molecule has 0 saturated carbocycles. The van der Waals surface area contributed by atoms with E-state index in [2.05, 4.69) is 4.74 Å². The van der Waals surface area contributed by atoms with Crippen molar-refractivity contribution in [1.29, 1.82) is 5.26 Å². The highest BCUT2D eigenvalue weighted by atomic mass is 16.5. The number of nitrogens with zero attached hydrogens (tertiary/aromatic N) is 1. The lowest BCUT2D eigenvalue weighted by Crippen LogP contribution is -2.05. The average Bonchev–Trinajstić information content (AvgIpc) is 2.37. The van der Waals surface area contributed by atoms with Gasteiger partial charge in [0.15, 0.2) is 0 Å². The quantitative estimate of drug-likeness (QED) is 0.798. The van der Waals surface area contributed by atoms with E-state index in [9.17, 15) is 9.90 Å². The second-order valence-corrected chi connectivity index (χ2v) is 3.33. The van der Waals surface area contributed by atoms with Gasteiger partial charge in [0.2, 0.25) is 0 Å². The summed E-state index contributed by atoms with van der Waals surface area (Å²) in [7, 11) is 2.73. The molecule has 0 saturated heterocycles. The van der Waals surface area contributed by atoms with Crippen LogP contribution in [-0.4, -0.2) is 25.3 Å². The zero-order valence-corrected chi connectivity index (χ0v) is 9.64. The SMILES string of the molecule is COC(=O)c1ccc(OC)c(C(O)CC#N)c1. The standard InChI is InChI=1S/C12H13NO4/c1-16-11-4-3-8(12(15)17-2)7-9(11)10(14)5-6-13/h3-4,7,10,14H,5H2,1-2H3. The number of nitriles is 1. The van der Waals surface area contributed by atoms with E-state index in [0.717, 1.165) is 0 Å². The zero-order chi connectivity index (χ0) is 12.8. The second kappa shape index (κ2) is 5.87. The molecule has 1 aromatic rings. The van der Waals surface area contributed by atoms with Gasteiger partial charge in [-0.05, 0) is 18.2 Å². The number of hydrogen-bond acceptors (Lipinski definition) is 5. The molecule has 5 nitrogen and oxygen atoms in total. The van der Waals surface area contributed by atoms with Gasteiger partial charge in [0.1, 0.15) is 5.75 Å². The molecule has 0 aromatic heterocycles. The highest BCUT2D eigenvalue weighted by molar-refractivity contribution is 5.89. The Bertz CT molecular complexity index is 450. The fraction of sp³-hybridized carbons (Fsp3) is 0.333. The summed E-state index contributed by atoms with van der Waals surface area (Å²) in [5, 5.41) is 18.3. The third kappa shape index (κ3) is 2.95. The third-order valence-corrected chi connectivity index (χ3v) is 2.29. The number of hydrogen-bond donors (Lipinski definition) is 1. The summed E-state index contributed by atoms with van der Waals surface area (Å²) in [6, 6.07) is 6.42. The van der Waals surface area contributed by atoms with Gasteiger partial charge in [-0.25, -0.2) is 4.79 Å². The predicted molar refractivity (Wildman–Crippen MR) is 59.5 cm³/mol. The van der Waals surface area contributed by atoms with Gasteiger partial charge in [-0.3, -0.25) is 0 Å². The number of carbonyl (C=O) groups is 1. The van der Waals surface area contributed by atoms with Crippen LogP contribution >= 0.6 is 0 Å². The van der Waals surface area contributed by atoms with Crippen molar-refractivity contribution in [1.82, 2.24) is 0 Å². The minimum Gasteiger partial charge on any atom is -0.496 e. The lowest BCUT2D eigenvalue weighted by atomic mass is 10.0. The Kier molecular flexibility index (Phi) is 4.49. The van der Waals surface area contributed by atoms with Crippen molar-refractivity contribution in [2.45, 2.75) is 12.5 Å². The molecular weight excluding hydrogens is 222 g/mol. The number of ether oxygens (including phenoxy) is 2. The van der Waals surface area contributed by atoms with Gasteiger partial charge in [0.05, 0.1) is 38.4 Å². The first-order valence-corrected chi connectivity index (χ1v) is 4.95. The molecule has 5 heteroatoms. The Morgan fingerprint density at radius 3 is 2.76 bits per heavy atom. The van der Waals surface area contributed by atoms with E-state index in [-0.39, 0.29) is 6.42 Å². The van der Waals surface area contributed by atoms with Gasteiger partial charge < -0.3 is 14.6 Å². The third-order valence-electron chi connectivity index (χ3n) is 2.29. The van der Waals surface area contributed by atoms with Crippen molar-refractivity contribution < 1.29 is 19.4 Å².